The van der Waals surface area contributed by atoms with E-state index in [1.54, 1.807) is 0 Å². The van der Waals surface area contributed by atoms with E-state index in [2.05, 4.69) is 42.3 Å². The summed E-state index contributed by atoms with van der Waals surface area (Å²) in [5.41, 5.74) is 4.02. The molecule has 1 aliphatic carbocycles. The fraction of sp³-hybridized carbons (Fsp3) is 0.471. The van der Waals surface area contributed by atoms with Crippen molar-refractivity contribution in [3.63, 3.8) is 0 Å². The predicted octanol–water partition coefficient (Wildman–Crippen LogP) is 2.90. The molecule has 2 nitrogen and oxygen atoms in total. The molecule has 0 amide bonds. The van der Waals surface area contributed by atoms with Crippen LogP contribution in [0.3, 0.4) is 0 Å². The number of hydrogen-bond acceptors (Lipinski definition) is 2. The molecule has 1 aromatic heterocycles. The molecule has 0 spiro atoms. The average Bonchev–Trinajstić information content (AvgIpc) is 2.43. The summed E-state index contributed by atoms with van der Waals surface area (Å²) in [4.78, 5) is 7.40. The topological polar surface area (TPSA) is 16.1 Å². The number of para-hydroxylation sites is 1. The Bertz CT molecular complexity index is 620. The normalized spacial score (nSPS) is 27.0. The van der Waals surface area contributed by atoms with Crippen molar-refractivity contribution in [1.29, 1.82) is 0 Å². The minimum Gasteiger partial charge on any atom is -0.306 e. The Labute approximate surface area is 114 Å². The highest BCUT2D eigenvalue weighted by Crippen LogP contribution is 2.35. The van der Waals surface area contributed by atoms with Gasteiger partial charge in [0.05, 0.1) is 5.52 Å². The smallest absolute Gasteiger partial charge is 0.0705 e. The van der Waals surface area contributed by atoms with E-state index in [1.807, 2.05) is 0 Å². The van der Waals surface area contributed by atoms with Crippen molar-refractivity contribution < 1.29 is 0 Å². The van der Waals surface area contributed by atoms with E-state index in [4.69, 9.17) is 4.98 Å². The van der Waals surface area contributed by atoms with Crippen molar-refractivity contribution in [3.05, 3.63) is 41.6 Å². The summed E-state index contributed by atoms with van der Waals surface area (Å²) in [7, 11) is 2.25. The second kappa shape index (κ2) is 4.31. The third kappa shape index (κ3) is 1.95. The second-order valence-electron chi connectivity index (χ2n) is 6.27. The number of nitrogens with zero attached hydrogens (tertiary/aromatic N) is 2. The van der Waals surface area contributed by atoms with Crippen molar-refractivity contribution in [1.82, 2.24) is 9.88 Å². The van der Waals surface area contributed by atoms with Gasteiger partial charge in [0, 0.05) is 17.6 Å². The lowest BCUT2D eigenvalue weighted by molar-refractivity contribution is 0.133. The minimum absolute atomic E-state index is 0.842. The average molecular weight is 252 g/mol. The summed E-state index contributed by atoms with van der Waals surface area (Å²) in [6.45, 7) is 2.51. The van der Waals surface area contributed by atoms with Crippen molar-refractivity contribution in [2.45, 2.75) is 19.3 Å². The first kappa shape index (κ1) is 11.4. The van der Waals surface area contributed by atoms with Gasteiger partial charge in [-0.05, 0) is 62.4 Å². The first-order chi connectivity index (χ1) is 9.29. The van der Waals surface area contributed by atoms with Crippen LogP contribution in [0.4, 0.5) is 0 Å². The third-order valence-electron chi connectivity index (χ3n) is 4.92. The van der Waals surface area contributed by atoms with Gasteiger partial charge in [-0.25, -0.2) is 0 Å². The molecule has 0 N–H and O–H groups in total. The van der Waals surface area contributed by atoms with E-state index in [-0.39, 0.29) is 0 Å². The van der Waals surface area contributed by atoms with Gasteiger partial charge in [0.15, 0.2) is 0 Å². The molecule has 0 saturated carbocycles. The van der Waals surface area contributed by atoms with E-state index in [1.165, 1.54) is 49.0 Å². The zero-order chi connectivity index (χ0) is 12.8. The summed E-state index contributed by atoms with van der Waals surface area (Å²) in [6.07, 6.45) is 3.76. The van der Waals surface area contributed by atoms with E-state index >= 15 is 0 Å². The fourth-order valence-corrected chi connectivity index (χ4v) is 3.85. The molecule has 98 valence electrons. The van der Waals surface area contributed by atoms with E-state index in [0.717, 1.165) is 17.4 Å². The van der Waals surface area contributed by atoms with Gasteiger partial charge in [-0.1, -0.05) is 18.2 Å². The van der Waals surface area contributed by atoms with Crippen LogP contribution in [0, 0.1) is 11.8 Å². The Kier molecular flexibility index (Phi) is 2.59. The highest BCUT2D eigenvalue weighted by atomic mass is 15.1. The Hall–Kier alpha value is -1.41. The van der Waals surface area contributed by atoms with Gasteiger partial charge in [-0.15, -0.1) is 0 Å². The quantitative estimate of drug-likeness (QED) is 0.716. The van der Waals surface area contributed by atoms with E-state index < -0.39 is 0 Å². The van der Waals surface area contributed by atoms with Gasteiger partial charge >= 0.3 is 0 Å². The SMILES string of the molecule is CN1CCC2Cc3nc4ccccc4cc3CC2C1. The van der Waals surface area contributed by atoms with Gasteiger partial charge in [0.1, 0.15) is 0 Å². The van der Waals surface area contributed by atoms with Crippen molar-refractivity contribution in [2.24, 2.45) is 11.8 Å². The Morgan fingerprint density at radius 3 is 3.00 bits per heavy atom. The van der Waals surface area contributed by atoms with Crippen LogP contribution in [0.25, 0.3) is 10.9 Å². The Morgan fingerprint density at radius 2 is 2.05 bits per heavy atom. The molecular weight excluding hydrogens is 232 g/mol. The van der Waals surface area contributed by atoms with Gasteiger partial charge < -0.3 is 4.90 Å². The highest BCUT2D eigenvalue weighted by molar-refractivity contribution is 5.79. The van der Waals surface area contributed by atoms with Crippen LogP contribution in [0.15, 0.2) is 30.3 Å². The molecule has 2 aromatic rings. The molecule has 1 saturated heterocycles. The van der Waals surface area contributed by atoms with Crippen molar-refractivity contribution in [3.8, 4) is 0 Å². The standard InChI is InChI=1S/C17H20N2/c1-19-7-6-12-10-17-14(9-15(12)11-19)8-13-4-2-3-5-16(13)18-17/h2-5,8,12,15H,6-7,9-11H2,1H3. The fourth-order valence-electron chi connectivity index (χ4n) is 3.85. The number of rotatable bonds is 0. The van der Waals surface area contributed by atoms with Gasteiger partial charge in [0.2, 0.25) is 0 Å². The first-order valence-electron chi connectivity index (χ1n) is 7.36. The molecule has 1 aromatic carbocycles. The lowest BCUT2D eigenvalue weighted by atomic mass is 9.74. The van der Waals surface area contributed by atoms with Crippen molar-refractivity contribution in [2.75, 3.05) is 20.1 Å². The molecule has 1 aliphatic heterocycles. The second-order valence-corrected chi connectivity index (χ2v) is 6.27. The molecule has 0 radical (unpaired) electrons. The van der Waals surface area contributed by atoms with Crippen LogP contribution in [-0.2, 0) is 12.8 Å². The van der Waals surface area contributed by atoms with Crippen LogP contribution in [0.1, 0.15) is 17.7 Å². The van der Waals surface area contributed by atoms with Gasteiger partial charge in [0.25, 0.3) is 0 Å². The number of pyridine rings is 1. The Balaban J connectivity index is 1.75. The Morgan fingerprint density at radius 1 is 1.16 bits per heavy atom. The number of aromatic nitrogens is 1. The zero-order valence-corrected chi connectivity index (χ0v) is 11.5. The number of piperidine rings is 1. The molecule has 1 fully saturated rings. The summed E-state index contributed by atoms with van der Waals surface area (Å²) in [5.74, 6) is 1.70. The number of likely N-dealkylation sites (tertiary alicyclic amines) is 1. The minimum atomic E-state index is 0.842. The maximum absolute atomic E-state index is 4.91. The van der Waals surface area contributed by atoms with Crippen molar-refractivity contribution >= 4 is 10.9 Å². The van der Waals surface area contributed by atoms with E-state index in [9.17, 15) is 0 Å². The van der Waals surface area contributed by atoms with Crippen LogP contribution in [0.2, 0.25) is 0 Å². The summed E-state index contributed by atoms with van der Waals surface area (Å²) in [6, 6.07) is 10.9. The van der Waals surface area contributed by atoms with Gasteiger partial charge in [-0.3, -0.25) is 4.98 Å². The first-order valence-corrected chi connectivity index (χ1v) is 7.36. The molecule has 0 bridgehead atoms. The third-order valence-corrected chi connectivity index (χ3v) is 4.92. The maximum Gasteiger partial charge on any atom is 0.0705 e. The monoisotopic (exact) mass is 252 g/mol. The largest absolute Gasteiger partial charge is 0.306 e. The predicted molar refractivity (Wildman–Crippen MR) is 78.2 cm³/mol. The van der Waals surface area contributed by atoms with Crippen LogP contribution in [0.5, 0.6) is 0 Å². The molecule has 2 heterocycles. The molecule has 2 aliphatic rings. The lowest BCUT2D eigenvalue weighted by Crippen LogP contribution is -2.42. The molecular formula is C17H20N2. The molecule has 4 rings (SSSR count). The van der Waals surface area contributed by atoms with Crippen LogP contribution >= 0.6 is 0 Å². The lowest BCUT2D eigenvalue weighted by Gasteiger charge is -2.40. The number of benzene rings is 1. The summed E-state index contributed by atoms with van der Waals surface area (Å²) < 4.78 is 0. The van der Waals surface area contributed by atoms with Gasteiger partial charge in [-0.2, -0.15) is 0 Å². The van der Waals surface area contributed by atoms with Crippen LogP contribution < -0.4 is 0 Å². The highest BCUT2D eigenvalue weighted by Gasteiger charge is 2.33. The van der Waals surface area contributed by atoms with E-state index in [0.29, 0.717) is 0 Å². The molecule has 19 heavy (non-hydrogen) atoms. The maximum atomic E-state index is 4.91. The number of fused-ring (bicyclic) bond motifs is 3. The van der Waals surface area contributed by atoms with Crippen LogP contribution in [-0.4, -0.2) is 30.0 Å². The molecule has 2 atom stereocenters. The number of hydrogen-bond donors (Lipinski definition) is 0. The molecule has 2 unspecified atom stereocenters. The zero-order valence-electron chi connectivity index (χ0n) is 11.5. The molecule has 2 heteroatoms. The summed E-state index contributed by atoms with van der Waals surface area (Å²) >= 11 is 0. The summed E-state index contributed by atoms with van der Waals surface area (Å²) in [5, 5.41) is 1.30.